The number of nitrogens with zero attached hydrogens (tertiary/aromatic N) is 2. The van der Waals surface area contributed by atoms with Crippen LogP contribution in [-0.2, 0) is 0 Å². The van der Waals surface area contributed by atoms with Crippen LogP contribution in [0.15, 0.2) is 324 Å². The van der Waals surface area contributed by atoms with Crippen molar-refractivity contribution in [3.63, 3.8) is 0 Å². The summed E-state index contributed by atoms with van der Waals surface area (Å²) < 4.78 is 13.2. The van der Waals surface area contributed by atoms with Crippen LogP contribution in [0.25, 0.3) is 121 Å². The third-order valence-corrected chi connectivity index (χ3v) is 16.6. The number of furan rings is 2. The van der Waals surface area contributed by atoms with Crippen molar-refractivity contribution in [1.82, 2.24) is 0 Å². The molecule has 0 saturated carbocycles. The molecule has 0 aliphatic rings. The van der Waals surface area contributed by atoms with Crippen LogP contribution in [0.2, 0.25) is 0 Å². The fourth-order valence-electron chi connectivity index (χ4n) is 12.6. The van der Waals surface area contributed by atoms with Gasteiger partial charge in [-0.15, -0.1) is 0 Å². The zero-order valence-electron chi connectivity index (χ0n) is 45.7. The second kappa shape index (κ2) is 20.4. The standard InChI is InChI=1S/C80H52N2O2/c1-3-22-62(23-4-1)82(63-24-5-2-6-25-63)76-33-16-32-73-72-31-15-30-68(79(72)84-80(73)76)60-21-14-20-58(50-60)57-19-13-18-56(49-57)53-35-42-64(43-36-53)81(65-44-37-54(38-45-65)59-41-48-78-75(51-59)71-29-11-12-34-77(71)83-78)66-46-39-55(40-47-66)74-52-61-17-7-8-26-67(61)69-27-9-10-28-70(69)74/h1-52H. The number of fused-ring (bicyclic) bond motifs is 9. The minimum atomic E-state index is 0.848. The summed E-state index contributed by atoms with van der Waals surface area (Å²) in [5.41, 5.74) is 21.2. The Bertz CT molecular complexity index is 5080. The van der Waals surface area contributed by atoms with E-state index in [0.29, 0.717) is 0 Å². The lowest BCUT2D eigenvalue weighted by Gasteiger charge is -2.26. The summed E-state index contributed by atoms with van der Waals surface area (Å²) in [6.07, 6.45) is 0. The van der Waals surface area contributed by atoms with Gasteiger partial charge in [-0.3, -0.25) is 0 Å². The molecule has 0 aliphatic carbocycles. The van der Waals surface area contributed by atoms with Gasteiger partial charge >= 0.3 is 0 Å². The van der Waals surface area contributed by atoms with Crippen molar-refractivity contribution in [2.75, 3.05) is 9.80 Å². The zero-order valence-corrected chi connectivity index (χ0v) is 45.7. The van der Waals surface area contributed by atoms with Crippen molar-refractivity contribution in [3.05, 3.63) is 315 Å². The minimum absolute atomic E-state index is 0.848. The van der Waals surface area contributed by atoms with Gasteiger partial charge in [0.15, 0.2) is 5.58 Å². The molecule has 2 heterocycles. The smallest absolute Gasteiger partial charge is 0.159 e. The zero-order chi connectivity index (χ0) is 55.5. The van der Waals surface area contributed by atoms with Gasteiger partial charge in [-0.1, -0.05) is 212 Å². The molecule has 0 unspecified atom stereocenters. The average molecular weight is 1070 g/mol. The molecule has 4 heteroatoms. The first-order valence-corrected chi connectivity index (χ1v) is 28.6. The van der Waals surface area contributed by atoms with Crippen LogP contribution in [0, 0.1) is 0 Å². The van der Waals surface area contributed by atoms with E-state index in [9.17, 15) is 0 Å². The van der Waals surface area contributed by atoms with E-state index < -0.39 is 0 Å². The van der Waals surface area contributed by atoms with Crippen LogP contribution in [0.1, 0.15) is 0 Å². The van der Waals surface area contributed by atoms with Gasteiger partial charge in [-0.2, -0.15) is 0 Å². The average Bonchev–Trinajstić information content (AvgIpc) is 2.53. The molecule has 0 bridgehead atoms. The Morgan fingerprint density at radius 3 is 1.32 bits per heavy atom. The molecule has 394 valence electrons. The monoisotopic (exact) mass is 1070 g/mol. The molecule has 14 aromatic carbocycles. The second-order valence-corrected chi connectivity index (χ2v) is 21.6. The summed E-state index contributed by atoms with van der Waals surface area (Å²) in [4.78, 5) is 4.63. The summed E-state index contributed by atoms with van der Waals surface area (Å²) in [5.74, 6) is 0. The third-order valence-electron chi connectivity index (χ3n) is 16.6. The Morgan fingerprint density at radius 1 is 0.202 bits per heavy atom. The predicted octanol–water partition coefficient (Wildman–Crippen LogP) is 23.1. The van der Waals surface area contributed by atoms with E-state index in [1.165, 1.54) is 32.7 Å². The maximum Gasteiger partial charge on any atom is 0.159 e. The highest BCUT2D eigenvalue weighted by atomic mass is 16.3. The Hall–Kier alpha value is -11.2. The van der Waals surface area contributed by atoms with Crippen LogP contribution in [0.4, 0.5) is 34.1 Å². The van der Waals surface area contributed by atoms with E-state index in [0.717, 1.165) is 123 Å². The van der Waals surface area contributed by atoms with E-state index in [4.69, 9.17) is 8.83 Å². The SMILES string of the molecule is c1ccc(N(c2ccccc2)c2cccc3c2oc2c(-c4cccc(-c5cccc(-c6ccc(N(c7ccc(-c8ccc9oc%10ccccc%10c9c8)cc7)c7ccc(-c8cc9ccccc9c9ccccc89)cc7)cc6)c5)c4)cccc23)cc1. The number of hydrogen-bond acceptors (Lipinski definition) is 4. The van der Waals surface area contributed by atoms with Crippen molar-refractivity contribution in [1.29, 1.82) is 0 Å². The quantitative estimate of drug-likeness (QED) is 0.121. The largest absolute Gasteiger partial charge is 0.456 e. The maximum absolute atomic E-state index is 7.05. The molecule has 0 radical (unpaired) electrons. The van der Waals surface area contributed by atoms with Gasteiger partial charge in [0, 0.05) is 55.5 Å². The van der Waals surface area contributed by atoms with Gasteiger partial charge in [0.05, 0.1) is 5.69 Å². The molecule has 84 heavy (non-hydrogen) atoms. The molecule has 2 aromatic heterocycles. The van der Waals surface area contributed by atoms with Crippen molar-refractivity contribution in [2.24, 2.45) is 0 Å². The predicted molar refractivity (Wildman–Crippen MR) is 353 cm³/mol. The van der Waals surface area contributed by atoms with Crippen LogP contribution >= 0.6 is 0 Å². The van der Waals surface area contributed by atoms with Crippen molar-refractivity contribution in [2.45, 2.75) is 0 Å². The van der Waals surface area contributed by atoms with Crippen molar-refractivity contribution in [3.8, 4) is 55.6 Å². The van der Waals surface area contributed by atoms with E-state index in [1.54, 1.807) is 0 Å². The first-order valence-electron chi connectivity index (χ1n) is 28.6. The molecule has 0 atom stereocenters. The van der Waals surface area contributed by atoms with Gasteiger partial charge in [0.1, 0.15) is 16.7 Å². The highest BCUT2D eigenvalue weighted by Gasteiger charge is 2.22. The fourth-order valence-corrected chi connectivity index (χ4v) is 12.6. The van der Waals surface area contributed by atoms with Gasteiger partial charge in [-0.25, -0.2) is 0 Å². The lowest BCUT2D eigenvalue weighted by atomic mass is 9.93. The number of hydrogen-bond donors (Lipinski definition) is 0. The molecule has 0 fully saturated rings. The van der Waals surface area contributed by atoms with E-state index in [-0.39, 0.29) is 0 Å². The molecule has 4 nitrogen and oxygen atoms in total. The van der Waals surface area contributed by atoms with Gasteiger partial charge in [0.25, 0.3) is 0 Å². The minimum Gasteiger partial charge on any atom is -0.456 e. The highest BCUT2D eigenvalue weighted by Crippen LogP contribution is 2.46. The number of anilines is 6. The first-order chi connectivity index (χ1) is 41.6. The molecule has 16 rings (SSSR count). The molecule has 0 saturated heterocycles. The lowest BCUT2D eigenvalue weighted by Crippen LogP contribution is -2.09. The Morgan fingerprint density at radius 2 is 0.655 bits per heavy atom. The first kappa shape index (κ1) is 48.7. The molecule has 0 aliphatic heterocycles. The summed E-state index contributed by atoms with van der Waals surface area (Å²) >= 11 is 0. The molecule has 0 spiro atoms. The Kier molecular flexibility index (Phi) is 11.8. The van der Waals surface area contributed by atoms with Crippen LogP contribution < -0.4 is 9.80 Å². The number of benzene rings is 14. The van der Waals surface area contributed by atoms with Crippen LogP contribution in [-0.4, -0.2) is 0 Å². The molecule has 0 N–H and O–H groups in total. The molecular formula is C80H52N2O2. The van der Waals surface area contributed by atoms with Crippen LogP contribution in [0.5, 0.6) is 0 Å². The lowest BCUT2D eigenvalue weighted by molar-refractivity contribution is 0.669. The summed E-state index contributed by atoms with van der Waals surface area (Å²) in [6.45, 7) is 0. The van der Waals surface area contributed by atoms with Gasteiger partial charge in [-0.05, 0) is 175 Å². The third kappa shape index (κ3) is 8.55. The van der Waals surface area contributed by atoms with Crippen molar-refractivity contribution < 1.29 is 8.83 Å². The molecule has 16 aromatic rings. The summed E-state index contributed by atoms with van der Waals surface area (Å²) in [5, 5.41) is 9.42. The Balaban J connectivity index is 0.735. The fraction of sp³-hybridized carbons (Fsp3) is 0. The van der Waals surface area contributed by atoms with E-state index in [1.807, 2.05) is 12.1 Å². The molecular weight excluding hydrogens is 1020 g/mol. The Labute approximate surface area is 486 Å². The topological polar surface area (TPSA) is 32.8 Å². The highest BCUT2D eigenvalue weighted by molar-refractivity contribution is 6.15. The summed E-state index contributed by atoms with van der Waals surface area (Å²) in [6, 6.07) is 113. The second-order valence-electron chi connectivity index (χ2n) is 21.6. The van der Waals surface area contributed by atoms with Gasteiger partial charge < -0.3 is 18.6 Å². The normalized spacial score (nSPS) is 11.6. The number of para-hydroxylation sites is 5. The number of rotatable bonds is 11. The van der Waals surface area contributed by atoms with E-state index >= 15 is 0 Å². The molecule has 0 amide bonds. The maximum atomic E-state index is 7.05. The van der Waals surface area contributed by atoms with Crippen molar-refractivity contribution >= 4 is 99.5 Å². The summed E-state index contributed by atoms with van der Waals surface area (Å²) in [7, 11) is 0. The van der Waals surface area contributed by atoms with Gasteiger partial charge in [0.2, 0.25) is 0 Å². The van der Waals surface area contributed by atoms with Crippen LogP contribution in [0.3, 0.4) is 0 Å². The van der Waals surface area contributed by atoms with E-state index in [2.05, 4.69) is 313 Å².